The summed E-state index contributed by atoms with van der Waals surface area (Å²) in [6.45, 7) is 9.40. The number of halogens is 3. The van der Waals surface area contributed by atoms with Crippen molar-refractivity contribution in [3.63, 3.8) is 0 Å². The zero-order valence-corrected chi connectivity index (χ0v) is 25.4. The molecule has 37 heavy (non-hydrogen) atoms. The van der Waals surface area contributed by atoms with Gasteiger partial charge in [0.1, 0.15) is 6.61 Å². The summed E-state index contributed by atoms with van der Waals surface area (Å²) >= 11 is 17.6. The van der Waals surface area contributed by atoms with Crippen molar-refractivity contribution in [3.05, 3.63) is 17.7 Å². The van der Waals surface area contributed by atoms with Gasteiger partial charge in [-0.3, -0.25) is 14.5 Å². The van der Waals surface area contributed by atoms with E-state index in [2.05, 4.69) is 0 Å². The van der Waals surface area contributed by atoms with E-state index in [-0.39, 0.29) is 30.0 Å². The molecular weight excluding hydrogens is 563 g/mol. The molecule has 2 aliphatic rings. The minimum Gasteiger partial charge on any atom is -0.493 e. The van der Waals surface area contributed by atoms with E-state index in [1.807, 2.05) is 33.9 Å². The lowest BCUT2D eigenvalue weighted by molar-refractivity contribution is -0.116. The quantitative estimate of drug-likeness (QED) is 0.351. The zero-order valence-electron chi connectivity index (χ0n) is 22.0. The maximum absolute atomic E-state index is 13.9. The third kappa shape index (κ3) is 6.47. The largest absolute Gasteiger partial charge is 0.493 e. The second kappa shape index (κ2) is 11.2. The van der Waals surface area contributed by atoms with Crippen molar-refractivity contribution in [1.29, 1.82) is 0 Å². The van der Waals surface area contributed by atoms with Gasteiger partial charge in [0, 0.05) is 12.5 Å². The standard InChI is InChI=1S/C24H33Cl3N2O7Si/c1-23(2,3)20(36-37(6)7)19-16-8-13(30)11-28(16)21(31)14-9-17(33-4)18(34-5)10-15(14)29(19)22(32)35-12-24(25,26)27/h9-10,16,19-20,37H,8,11-12H2,1-7H3/t16-,19-,20?/m0/s1. The molecule has 0 spiro atoms. The molecule has 1 aromatic rings. The Balaban J connectivity index is 2.33. The van der Waals surface area contributed by atoms with E-state index >= 15 is 0 Å². The van der Waals surface area contributed by atoms with Crippen molar-refractivity contribution in [1.82, 2.24) is 4.90 Å². The van der Waals surface area contributed by atoms with E-state index in [0.29, 0.717) is 11.5 Å². The fourth-order valence-electron chi connectivity index (χ4n) is 4.83. The van der Waals surface area contributed by atoms with Gasteiger partial charge in [0.15, 0.2) is 26.3 Å². The van der Waals surface area contributed by atoms with Crippen LogP contribution in [0.3, 0.4) is 0 Å². The van der Waals surface area contributed by atoms with Crippen molar-refractivity contribution in [2.45, 2.75) is 62.3 Å². The van der Waals surface area contributed by atoms with Crippen molar-refractivity contribution in [3.8, 4) is 11.5 Å². The molecule has 1 unspecified atom stereocenters. The number of rotatable bonds is 6. The number of benzene rings is 1. The molecule has 0 N–H and O–H groups in total. The molecule has 206 valence electrons. The summed E-state index contributed by atoms with van der Waals surface area (Å²) in [5, 5.41) is 0. The average Bonchev–Trinajstić information content (AvgIpc) is 3.14. The predicted molar refractivity (Wildman–Crippen MR) is 145 cm³/mol. The highest BCUT2D eigenvalue weighted by molar-refractivity contribution is 6.67. The molecule has 13 heteroatoms. The van der Waals surface area contributed by atoms with Crippen molar-refractivity contribution in [2.24, 2.45) is 5.41 Å². The monoisotopic (exact) mass is 594 g/mol. The van der Waals surface area contributed by atoms with Gasteiger partial charge in [-0.25, -0.2) is 4.79 Å². The Morgan fingerprint density at radius 1 is 1.11 bits per heavy atom. The number of Topliss-reactive ketones (excluding diaryl/α,β-unsaturated/α-hetero) is 1. The summed E-state index contributed by atoms with van der Waals surface area (Å²) in [4.78, 5) is 43.3. The minimum atomic E-state index is -1.85. The highest BCUT2D eigenvalue weighted by atomic mass is 35.6. The second-order valence-corrected chi connectivity index (χ2v) is 15.4. The summed E-state index contributed by atoms with van der Waals surface area (Å²) < 4.78 is 21.1. The number of ether oxygens (including phenoxy) is 3. The first-order valence-electron chi connectivity index (χ1n) is 11.9. The van der Waals surface area contributed by atoms with Crippen LogP contribution in [0.4, 0.5) is 10.5 Å². The van der Waals surface area contributed by atoms with E-state index in [1.165, 1.54) is 30.1 Å². The van der Waals surface area contributed by atoms with E-state index < -0.39 is 55.0 Å². The van der Waals surface area contributed by atoms with Crippen LogP contribution in [0.2, 0.25) is 13.1 Å². The Morgan fingerprint density at radius 3 is 2.22 bits per heavy atom. The van der Waals surface area contributed by atoms with Gasteiger partial charge in [-0.2, -0.15) is 0 Å². The Hall–Kier alpha value is -1.72. The lowest BCUT2D eigenvalue weighted by Crippen LogP contribution is -2.61. The number of alkyl halides is 3. The number of hydrogen-bond acceptors (Lipinski definition) is 7. The molecule has 0 aliphatic carbocycles. The number of carbonyl (C=O) groups excluding carboxylic acids is 3. The molecule has 1 aromatic carbocycles. The molecule has 3 rings (SSSR count). The first-order valence-corrected chi connectivity index (χ1v) is 15.8. The van der Waals surface area contributed by atoms with Gasteiger partial charge in [-0.05, 0) is 24.6 Å². The van der Waals surface area contributed by atoms with Crippen LogP contribution in [0.25, 0.3) is 0 Å². The minimum absolute atomic E-state index is 0.0580. The summed E-state index contributed by atoms with van der Waals surface area (Å²) in [6.07, 6.45) is -1.35. The highest BCUT2D eigenvalue weighted by Crippen LogP contribution is 2.44. The lowest BCUT2D eigenvalue weighted by atomic mass is 9.80. The second-order valence-electron chi connectivity index (χ2n) is 10.5. The maximum atomic E-state index is 13.9. The van der Waals surface area contributed by atoms with E-state index in [1.54, 1.807) is 6.07 Å². The molecule has 3 atom stereocenters. The predicted octanol–water partition coefficient (Wildman–Crippen LogP) is 4.60. The maximum Gasteiger partial charge on any atom is 0.414 e. The third-order valence-electron chi connectivity index (χ3n) is 6.27. The van der Waals surface area contributed by atoms with Crippen LogP contribution in [-0.2, 0) is 14.0 Å². The molecule has 9 nitrogen and oxygen atoms in total. The molecular formula is C24H33Cl3N2O7Si. The van der Waals surface area contributed by atoms with Gasteiger partial charge >= 0.3 is 6.09 Å². The number of fused-ring (bicyclic) bond motifs is 2. The fourth-order valence-corrected chi connectivity index (χ4v) is 6.15. The Bertz CT molecular complexity index is 1060. The van der Waals surface area contributed by atoms with Crippen LogP contribution in [0, 0.1) is 5.41 Å². The van der Waals surface area contributed by atoms with Crippen molar-refractivity contribution >= 4 is 67.3 Å². The molecule has 2 aliphatic heterocycles. The van der Waals surface area contributed by atoms with Gasteiger partial charge in [0.2, 0.25) is 3.79 Å². The molecule has 0 radical (unpaired) electrons. The Labute approximate surface area is 233 Å². The Morgan fingerprint density at radius 2 is 1.70 bits per heavy atom. The van der Waals surface area contributed by atoms with E-state index in [9.17, 15) is 14.4 Å². The number of methoxy groups -OCH3 is 2. The van der Waals surface area contributed by atoms with Crippen LogP contribution in [0.15, 0.2) is 12.1 Å². The smallest absolute Gasteiger partial charge is 0.414 e. The van der Waals surface area contributed by atoms with E-state index in [4.69, 9.17) is 53.4 Å². The highest BCUT2D eigenvalue weighted by Gasteiger charge is 2.53. The molecule has 0 bridgehead atoms. The fraction of sp³-hybridized carbons (Fsp3) is 0.625. The Kier molecular flexibility index (Phi) is 9.01. The number of amides is 2. The number of carbonyl (C=O) groups is 3. The van der Waals surface area contributed by atoms with Crippen molar-refractivity contribution < 1.29 is 33.0 Å². The number of nitrogens with zero attached hydrogens (tertiary/aromatic N) is 2. The van der Waals surface area contributed by atoms with Gasteiger partial charge in [0.25, 0.3) is 5.91 Å². The molecule has 2 heterocycles. The SMILES string of the molecule is COc1cc2c(cc1OC)N(C(=O)OCC(Cl)(Cl)Cl)[C@H](C(O[SiH](C)C)C(C)(C)C)[C@@H]1CC(=O)CN1C2=O. The normalized spacial score (nSPS) is 20.9. The van der Waals surface area contributed by atoms with Crippen LogP contribution in [0.1, 0.15) is 37.6 Å². The summed E-state index contributed by atoms with van der Waals surface area (Å²) in [5.41, 5.74) is -0.107. The first kappa shape index (κ1) is 29.8. The summed E-state index contributed by atoms with van der Waals surface area (Å²) in [6, 6.07) is 1.60. The van der Waals surface area contributed by atoms with Crippen LogP contribution in [-0.4, -0.2) is 81.1 Å². The molecule has 0 saturated carbocycles. The van der Waals surface area contributed by atoms with Crippen LogP contribution >= 0.6 is 34.8 Å². The molecule has 1 fully saturated rings. The molecule has 0 aromatic heterocycles. The summed E-state index contributed by atoms with van der Waals surface area (Å²) in [7, 11) is 1.22. The average molecular weight is 596 g/mol. The van der Waals surface area contributed by atoms with Crippen LogP contribution in [0.5, 0.6) is 11.5 Å². The lowest BCUT2D eigenvalue weighted by Gasteiger charge is -2.45. The van der Waals surface area contributed by atoms with Crippen LogP contribution < -0.4 is 14.4 Å². The van der Waals surface area contributed by atoms with E-state index in [0.717, 1.165) is 0 Å². The van der Waals surface area contributed by atoms with Gasteiger partial charge in [0.05, 0.1) is 50.2 Å². The summed E-state index contributed by atoms with van der Waals surface area (Å²) in [5.74, 6) is 0.0683. The van der Waals surface area contributed by atoms with Gasteiger partial charge < -0.3 is 23.5 Å². The molecule has 1 saturated heterocycles. The number of anilines is 1. The van der Waals surface area contributed by atoms with Gasteiger partial charge in [-0.1, -0.05) is 55.6 Å². The van der Waals surface area contributed by atoms with Crippen molar-refractivity contribution in [2.75, 3.05) is 32.3 Å². The van der Waals surface area contributed by atoms with Gasteiger partial charge in [-0.15, -0.1) is 0 Å². The topological polar surface area (TPSA) is 94.6 Å². The number of hydrogen-bond donors (Lipinski definition) is 0. The molecule has 2 amide bonds. The zero-order chi connectivity index (χ0) is 27.9. The number of ketones is 1. The third-order valence-corrected chi connectivity index (χ3v) is 7.43. The first-order chi connectivity index (χ1) is 17.1.